The summed E-state index contributed by atoms with van der Waals surface area (Å²) in [6.07, 6.45) is 4.60. The Balaban J connectivity index is 1.73. The van der Waals surface area contributed by atoms with Gasteiger partial charge in [-0.15, -0.1) is 11.6 Å². The molecule has 104 valence electrons. The number of carbonyl (C=O) groups is 1. The Kier molecular flexibility index (Phi) is 5.26. The van der Waals surface area contributed by atoms with Crippen molar-refractivity contribution in [1.82, 2.24) is 4.90 Å². The van der Waals surface area contributed by atoms with E-state index in [2.05, 4.69) is 30.3 Å². The highest BCUT2D eigenvalue weighted by Crippen LogP contribution is 2.23. The number of hydrogen-bond donors (Lipinski definition) is 0. The maximum atomic E-state index is 11.8. The molecule has 1 fully saturated rings. The number of alkyl halides is 1. The fourth-order valence-electron chi connectivity index (χ4n) is 2.71. The average Bonchev–Trinajstić information content (AvgIpc) is 2.46. The van der Waals surface area contributed by atoms with Gasteiger partial charge in [0.25, 0.3) is 0 Å². The molecule has 1 aromatic rings. The molecular formula is C16H22ClNO. The Labute approximate surface area is 120 Å². The van der Waals surface area contributed by atoms with Crippen LogP contribution in [0, 0.1) is 5.92 Å². The average molecular weight is 280 g/mol. The minimum Gasteiger partial charge on any atom is -0.341 e. The Hall–Kier alpha value is -1.02. The van der Waals surface area contributed by atoms with E-state index in [0.717, 1.165) is 38.3 Å². The largest absolute Gasteiger partial charge is 0.341 e. The van der Waals surface area contributed by atoms with Crippen LogP contribution in [0.1, 0.15) is 31.7 Å². The van der Waals surface area contributed by atoms with Crippen molar-refractivity contribution in [3.05, 3.63) is 35.9 Å². The molecule has 0 aromatic heterocycles. The summed E-state index contributed by atoms with van der Waals surface area (Å²) >= 11 is 5.85. The van der Waals surface area contributed by atoms with Gasteiger partial charge >= 0.3 is 0 Å². The van der Waals surface area contributed by atoms with Gasteiger partial charge in [0.1, 0.15) is 5.38 Å². The monoisotopic (exact) mass is 279 g/mol. The van der Waals surface area contributed by atoms with E-state index in [0.29, 0.717) is 0 Å². The summed E-state index contributed by atoms with van der Waals surface area (Å²) in [5.41, 5.74) is 1.41. The van der Waals surface area contributed by atoms with Gasteiger partial charge in [0.2, 0.25) is 5.91 Å². The first-order valence-electron chi connectivity index (χ1n) is 7.13. The second-order valence-electron chi connectivity index (χ2n) is 5.41. The molecule has 0 N–H and O–H groups in total. The summed E-state index contributed by atoms with van der Waals surface area (Å²) in [7, 11) is 0. The Morgan fingerprint density at radius 2 is 1.95 bits per heavy atom. The van der Waals surface area contributed by atoms with Gasteiger partial charge in [0.05, 0.1) is 0 Å². The van der Waals surface area contributed by atoms with Gasteiger partial charge in [-0.05, 0) is 44.1 Å². The van der Waals surface area contributed by atoms with Crippen LogP contribution in [0.25, 0.3) is 0 Å². The molecule has 0 bridgehead atoms. The Morgan fingerprint density at radius 1 is 1.32 bits per heavy atom. The lowest BCUT2D eigenvalue weighted by molar-refractivity contribution is -0.131. The number of aryl methyl sites for hydroxylation is 1. The number of piperidine rings is 1. The minimum absolute atomic E-state index is 0.0863. The molecule has 1 aliphatic rings. The van der Waals surface area contributed by atoms with Crippen molar-refractivity contribution >= 4 is 17.5 Å². The highest BCUT2D eigenvalue weighted by Gasteiger charge is 2.24. The number of rotatable bonds is 4. The first-order valence-corrected chi connectivity index (χ1v) is 7.57. The summed E-state index contributed by atoms with van der Waals surface area (Å²) in [6, 6.07) is 10.6. The van der Waals surface area contributed by atoms with Gasteiger partial charge in [-0.3, -0.25) is 4.79 Å². The van der Waals surface area contributed by atoms with Crippen LogP contribution in [0.5, 0.6) is 0 Å². The first-order chi connectivity index (χ1) is 9.16. The van der Waals surface area contributed by atoms with Gasteiger partial charge in [0, 0.05) is 13.1 Å². The maximum absolute atomic E-state index is 11.8. The number of nitrogens with zero attached hydrogens (tertiary/aromatic N) is 1. The third kappa shape index (κ3) is 4.24. The highest BCUT2D eigenvalue weighted by molar-refractivity contribution is 6.30. The van der Waals surface area contributed by atoms with Gasteiger partial charge in [-0.1, -0.05) is 30.3 Å². The van der Waals surface area contributed by atoms with Gasteiger partial charge in [-0.25, -0.2) is 0 Å². The standard InChI is InChI=1S/C16H22ClNO/c1-13(17)16(19)18-11-9-15(10-12-18)8-7-14-5-3-2-4-6-14/h2-6,13,15H,7-12H2,1H3. The number of hydrogen-bond acceptors (Lipinski definition) is 1. The van der Waals surface area contributed by atoms with Crippen LogP contribution in [0.15, 0.2) is 30.3 Å². The smallest absolute Gasteiger partial charge is 0.240 e. The maximum Gasteiger partial charge on any atom is 0.240 e. The van der Waals surface area contributed by atoms with E-state index in [9.17, 15) is 4.79 Å². The van der Waals surface area contributed by atoms with Crippen molar-refractivity contribution in [2.24, 2.45) is 5.92 Å². The topological polar surface area (TPSA) is 20.3 Å². The van der Waals surface area contributed by atoms with Crippen LogP contribution in [-0.2, 0) is 11.2 Å². The van der Waals surface area contributed by atoms with Crippen LogP contribution in [0.4, 0.5) is 0 Å². The van der Waals surface area contributed by atoms with E-state index >= 15 is 0 Å². The molecule has 0 saturated carbocycles. The SMILES string of the molecule is CC(Cl)C(=O)N1CCC(CCc2ccccc2)CC1. The summed E-state index contributed by atoms with van der Waals surface area (Å²) < 4.78 is 0. The molecule has 1 aromatic carbocycles. The summed E-state index contributed by atoms with van der Waals surface area (Å²) in [5, 5.41) is -0.388. The number of benzene rings is 1. The zero-order chi connectivity index (χ0) is 13.7. The molecule has 1 aliphatic heterocycles. The van der Waals surface area contributed by atoms with Crippen molar-refractivity contribution in [2.75, 3.05) is 13.1 Å². The molecule has 0 aliphatic carbocycles. The molecular weight excluding hydrogens is 258 g/mol. The van der Waals surface area contributed by atoms with Crippen LogP contribution in [0.2, 0.25) is 0 Å². The van der Waals surface area contributed by atoms with Crippen molar-refractivity contribution < 1.29 is 4.79 Å². The summed E-state index contributed by atoms with van der Waals surface area (Å²) in [4.78, 5) is 13.7. The van der Waals surface area contributed by atoms with Gasteiger partial charge in [-0.2, -0.15) is 0 Å². The fourth-order valence-corrected chi connectivity index (χ4v) is 2.85. The zero-order valence-corrected chi connectivity index (χ0v) is 12.3. The number of amides is 1. The summed E-state index contributed by atoms with van der Waals surface area (Å²) in [5.74, 6) is 0.832. The molecule has 0 radical (unpaired) electrons. The highest BCUT2D eigenvalue weighted by atomic mass is 35.5. The Bertz CT molecular complexity index is 396. The van der Waals surface area contributed by atoms with E-state index in [-0.39, 0.29) is 11.3 Å². The predicted molar refractivity (Wildman–Crippen MR) is 79.4 cm³/mol. The molecule has 1 heterocycles. The quantitative estimate of drug-likeness (QED) is 0.773. The Morgan fingerprint density at radius 3 is 2.53 bits per heavy atom. The molecule has 1 unspecified atom stereocenters. The number of halogens is 1. The first kappa shape index (κ1) is 14.4. The lowest BCUT2D eigenvalue weighted by Crippen LogP contribution is -2.41. The van der Waals surface area contributed by atoms with Crippen molar-refractivity contribution in [3.8, 4) is 0 Å². The lowest BCUT2D eigenvalue weighted by atomic mass is 9.90. The number of likely N-dealkylation sites (tertiary alicyclic amines) is 1. The molecule has 2 nitrogen and oxygen atoms in total. The molecule has 19 heavy (non-hydrogen) atoms. The molecule has 1 atom stereocenters. The normalized spacial score (nSPS) is 18.3. The van der Waals surface area contributed by atoms with Crippen molar-refractivity contribution in [2.45, 2.75) is 38.0 Å². The zero-order valence-electron chi connectivity index (χ0n) is 11.5. The van der Waals surface area contributed by atoms with E-state index in [1.54, 1.807) is 6.92 Å². The number of carbonyl (C=O) groups excluding carboxylic acids is 1. The minimum atomic E-state index is -0.388. The third-order valence-electron chi connectivity index (χ3n) is 3.95. The second-order valence-corrected chi connectivity index (χ2v) is 6.06. The van der Waals surface area contributed by atoms with Crippen LogP contribution in [-0.4, -0.2) is 29.3 Å². The van der Waals surface area contributed by atoms with Gasteiger partial charge < -0.3 is 4.90 Å². The van der Waals surface area contributed by atoms with Crippen molar-refractivity contribution in [1.29, 1.82) is 0 Å². The molecule has 3 heteroatoms. The predicted octanol–water partition coefficient (Wildman–Crippen LogP) is 3.49. The van der Waals surface area contributed by atoms with E-state index in [4.69, 9.17) is 11.6 Å². The fraction of sp³-hybridized carbons (Fsp3) is 0.562. The second kappa shape index (κ2) is 6.95. The van der Waals surface area contributed by atoms with Gasteiger partial charge in [0.15, 0.2) is 0 Å². The molecule has 0 spiro atoms. The molecule has 1 saturated heterocycles. The van der Waals surface area contributed by atoms with E-state index in [1.807, 2.05) is 4.90 Å². The van der Waals surface area contributed by atoms with E-state index < -0.39 is 0 Å². The van der Waals surface area contributed by atoms with Crippen molar-refractivity contribution in [3.63, 3.8) is 0 Å². The lowest BCUT2D eigenvalue weighted by Gasteiger charge is -2.32. The third-order valence-corrected chi connectivity index (χ3v) is 4.14. The van der Waals surface area contributed by atoms with Crippen LogP contribution < -0.4 is 0 Å². The van der Waals surface area contributed by atoms with Crippen LogP contribution in [0.3, 0.4) is 0 Å². The van der Waals surface area contributed by atoms with E-state index in [1.165, 1.54) is 12.0 Å². The van der Waals surface area contributed by atoms with Crippen LogP contribution >= 0.6 is 11.6 Å². The summed E-state index contributed by atoms with van der Waals surface area (Å²) in [6.45, 7) is 3.50. The molecule has 1 amide bonds. The molecule has 2 rings (SSSR count).